The Kier molecular flexibility index (Phi) is 10.8. The van der Waals surface area contributed by atoms with E-state index in [1.54, 1.807) is 6.92 Å². The number of nitrogens with two attached hydrogens (primary N) is 2. The number of ether oxygens (including phenoxy) is 3. The molecule has 2 aromatic heterocycles. The van der Waals surface area contributed by atoms with E-state index in [-0.39, 0.29) is 30.6 Å². The minimum atomic E-state index is -1.78. The normalized spacial score (nSPS) is 33.0. The molecule has 0 aliphatic carbocycles. The van der Waals surface area contributed by atoms with Crippen LogP contribution in [0.25, 0.3) is 0 Å². The minimum Gasteiger partial charge on any atom is -0.392 e. The van der Waals surface area contributed by atoms with Crippen molar-refractivity contribution < 1.29 is 44.8 Å². The summed E-state index contributed by atoms with van der Waals surface area (Å²) in [5, 5.41) is 58.3. The van der Waals surface area contributed by atoms with E-state index < -0.39 is 72.9 Å². The predicted molar refractivity (Wildman–Crippen MR) is 137 cm³/mol. The molecule has 18 heteroatoms. The maximum absolute atomic E-state index is 11.7. The van der Waals surface area contributed by atoms with Crippen LogP contribution in [0.3, 0.4) is 0 Å². The number of aliphatic hydroxyl groups is 6. The van der Waals surface area contributed by atoms with E-state index in [1.807, 2.05) is 0 Å². The van der Waals surface area contributed by atoms with E-state index in [2.05, 4.69) is 15.9 Å². The molecular formula is C22H31ClN6O11. The van der Waals surface area contributed by atoms with E-state index in [0.29, 0.717) is 0 Å². The topological polar surface area (TPSA) is 271 Å². The predicted octanol–water partition coefficient (Wildman–Crippen LogP) is -4.34. The number of terminal acetylenes is 1. The number of nitrogens with zero attached hydrogens (tertiary/aromatic N) is 4. The van der Waals surface area contributed by atoms with Crippen molar-refractivity contribution in [1.82, 2.24) is 19.1 Å². The van der Waals surface area contributed by atoms with Crippen LogP contribution >= 0.6 is 12.4 Å². The Morgan fingerprint density at radius 1 is 0.950 bits per heavy atom. The van der Waals surface area contributed by atoms with E-state index in [1.165, 1.54) is 24.5 Å². The average molecular weight is 591 g/mol. The van der Waals surface area contributed by atoms with Crippen LogP contribution in [-0.4, -0.2) is 105 Å². The molecule has 0 aromatic carbocycles. The molecule has 222 valence electrons. The Morgan fingerprint density at radius 3 is 1.80 bits per heavy atom. The number of aliphatic hydroxyl groups excluding tert-OH is 6. The summed E-state index contributed by atoms with van der Waals surface area (Å²) < 4.78 is 17.8. The van der Waals surface area contributed by atoms with Gasteiger partial charge in [-0.05, 0) is 19.1 Å². The number of rotatable bonds is 6. The van der Waals surface area contributed by atoms with Gasteiger partial charge in [0.2, 0.25) is 5.79 Å². The number of aromatic nitrogens is 4. The zero-order valence-corrected chi connectivity index (χ0v) is 21.9. The van der Waals surface area contributed by atoms with Gasteiger partial charge in [0, 0.05) is 19.0 Å². The molecule has 8 atom stereocenters. The maximum Gasteiger partial charge on any atom is 0.351 e. The van der Waals surface area contributed by atoms with Crippen molar-refractivity contribution in [3.05, 3.63) is 45.5 Å². The molecule has 2 aliphatic rings. The standard InChI is InChI=1S/C11H17N3O6.C11H13N3O5.ClH/c1-2-19-11(5-15)8(17)7(16)9(20-11)14-4-3-6(12)13-10(14)18;1-2-11(5-15)8(17)7(16)9(19-11)14-4-3-6(12)13-10(14)18;/h3-4,7-9,15-17H,2,5H2,1H3,(H2,12,13,18);1,3-4,7-9,15-17H,5H2,(H2,12,13,18);1H/t2*7?,8?,9-,11-;/m11./s1. The second-order valence-corrected chi connectivity index (χ2v) is 8.57. The van der Waals surface area contributed by atoms with Crippen LogP contribution in [0.5, 0.6) is 0 Å². The number of hydrogen-bond acceptors (Lipinski definition) is 15. The van der Waals surface area contributed by atoms with Gasteiger partial charge in [0.1, 0.15) is 42.7 Å². The summed E-state index contributed by atoms with van der Waals surface area (Å²) in [6.07, 6.45) is -0.721. The second kappa shape index (κ2) is 13.0. The first-order chi connectivity index (χ1) is 18.4. The van der Waals surface area contributed by atoms with Crippen molar-refractivity contribution in [2.75, 3.05) is 31.3 Å². The second-order valence-electron chi connectivity index (χ2n) is 8.57. The van der Waals surface area contributed by atoms with Gasteiger partial charge in [-0.15, -0.1) is 18.8 Å². The molecule has 0 saturated carbocycles. The molecule has 2 fully saturated rings. The Hall–Kier alpha value is -3.15. The van der Waals surface area contributed by atoms with Crippen LogP contribution in [-0.2, 0) is 14.2 Å². The van der Waals surface area contributed by atoms with Gasteiger partial charge in [0.15, 0.2) is 18.1 Å². The van der Waals surface area contributed by atoms with Gasteiger partial charge >= 0.3 is 11.4 Å². The van der Waals surface area contributed by atoms with Crippen molar-refractivity contribution in [2.45, 2.75) is 55.2 Å². The third-order valence-corrected chi connectivity index (χ3v) is 6.15. The molecule has 4 heterocycles. The lowest BCUT2D eigenvalue weighted by Crippen LogP contribution is -2.48. The molecule has 2 saturated heterocycles. The van der Waals surface area contributed by atoms with Gasteiger partial charge in [-0.25, -0.2) is 9.59 Å². The van der Waals surface area contributed by atoms with Gasteiger partial charge in [-0.3, -0.25) is 9.13 Å². The molecule has 0 radical (unpaired) electrons. The highest BCUT2D eigenvalue weighted by molar-refractivity contribution is 5.85. The molecule has 4 unspecified atom stereocenters. The molecule has 4 rings (SSSR count). The first-order valence-electron chi connectivity index (χ1n) is 11.5. The van der Waals surface area contributed by atoms with Gasteiger partial charge < -0.3 is 56.3 Å². The lowest BCUT2D eigenvalue weighted by Gasteiger charge is -2.29. The first-order valence-corrected chi connectivity index (χ1v) is 11.5. The summed E-state index contributed by atoms with van der Waals surface area (Å²) in [6.45, 7) is 0.415. The van der Waals surface area contributed by atoms with Crippen LogP contribution in [0.2, 0.25) is 0 Å². The summed E-state index contributed by atoms with van der Waals surface area (Å²) in [6, 6.07) is 2.68. The lowest BCUT2D eigenvalue weighted by molar-refractivity contribution is -0.280. The third-order valence-electron chi connectivity index (χ3n) is 6.15. The maximum atomic E-state index is 11.7. The summed E-state index contributed by atoms with van der Waals surface area (Å²) in [5.41, 5.74) is 7.45. The van der Waals surface area contributed by atoms with E-state index in [0.717, 1.165) is 9.13 Å². The monoisotopic (exact) mass is 590 g/mol. The molecule has 2 aromatic rings. The number of halogens is 1. The number of anilines is 2. The van der Waals surface area contributed by atoms with Crippen molar-refractivity contribution in [3.63, 3.8) is 0 Å². The van der Waals surface area contributed by atoms with Crippen LogP contribution in [0, 0.1) is 12.3 Å². The smallest absolute Gasteiger partial charge is 0.351 e. The molecule has 0 spiro atoms. The Balaban J connectivity index is 0.000000274. The van der Waals surface area contributed by atoms with Gasteiger partial charge in [0.25, 0.3) is 0 Å². The fourth-order valence-electron chi connectivity index (χ4n) is 4.06. The molecule has 0 amide bonds. The molecule has 17 nitrogen and oxygen atoms in total. The number of nitrogen functional groups attached to an aromatic ring is 2. The van der Waals surface area contributed by atoms with Crippen LogP contribution in [0.1, 0.15) is 19.4 Å². The molecular weight excluding hydrogens is 560 g/mol. The SMILES string of the molecule is C#C[C@]1(CO)O[C@@H](n2ccc(N)nc2=O)C(O)C1O.CCO[C@]1(CO)O[C@@H](n2ccc(N)nc2=O)C(O)C1O.Cl. The van der Waals surface area contributed by atoms with Gasteiger partial charge in [0.05, 0.1) is 6.61 Å². The molecule has 10 N–H and O–H groups in total. The highest BCUT2D eigenvalue weighted by Crippen LogP contribution is 2.37. The highest BCUT2D eigenvalue weighted by Gasteiger charge is 2.56. The number of hydrogen-bond donors (Lipinski definition) is 8. The van der Waals surface area contributed by atoms with Crippen LogP contribution in [0.4, 0.5) is 11.6 Å². The molecule has 40 heavy (non-hydrogen) atoms. The van der Waals surface area contributed by atoms with Crippen molar-refractivity contribution in [1.29, 1.82) is 0 Å². The Labute approximate surface area is 232 Å². The summed E-state index contributed by atoms with van der Waals surface area (Å²) >= 11 is 0. The quantitative estimate of drug-likeness (QED) is 0.148. The Morgan fingerprint density at radius 2 is 1.43 bits per heavy atom. The minimum absolute atomic E-state index is 0. The van der Waals surface area contributed by atoms with Crippen LogP contribution in [0.15, 0.2) is 34.1 Å². The van der Waals surface area contributed by atoms with Crippen molar-refractivity contribution in [2.24, 2.45) is 0 Å². The average Bonchev–Trinajstić information content (AvgIpc) is 3.30. The van der Waals surface area contributed by atoms with E-state index in [9.17, 15) is 40.2 Å². The summed E-state index contributed by atoms with van der Waals surface area (Å²) in [4.78, 5) is 30.4. The zero-order chi connectivity index (χ0) is 29.1. The van der Waals surface area contributed by atoms with E-state index >= 15 is 0 Å². The molecule has 0 bridgehead atoms. The summed E-state index contributed by atoms with van der Waals surface area (Å²) in [7, 11) is 0. The van der Waals surface area contributed by atoms with Crippen molar-refractivity contribution >= 4 is 24.0 Å². The zero-order valence-electron chi connectivity index (χ0n) is 21.0. The van der Waals surface area contributed by atoms with Gasteiger partial charge in [-0.2, -0.15) is 9.97 Å². The highest BCUT2D eigenvalue weighted by atomic mass is 35.5. The van der Waals surface area contributed by atoms with Crippen molar-refractivity contribution in [3.8, 4) is 12.3 Å². The fraction of sp³-hybridized carbons (Fsp3) is 0.545. The van der Waals surface area contributed by atoms with Crippen LogP contribution < -0.4 is 22.8 Å². The summed E-state index contributed by atoms with van der Waals surface area (Å²) in [5.74, 6) is 0.356. The van der Waals surface area contributed by atoms with Gasteiger partial charge in [-0.1, -0.05) is 5.92 Å². The third kappa shape index (κ3) is 5.96. The largest absolute Gasteiger partial charge is 0.392 e. The Bertz CT molecular complexity index is 1320. The molecule has 2 aliphatic heterocycles. The van der Waals surface area contributed by atoms with E-state index in [4.69, 9.17) is 32.1 Å². The first kappa shape index (κ1) is 33.1. The lowest BCUT2D eigenvalue weighted by atomic mass is 9.97. The fourth-order valence-corrected chi connectivity index (χ4v) is 4.06.